The van der Waals surface area contributed by atoms with Crippen LogP contribution in [0.2, 0.25) is 0 Å². The van der Waals surface area contributed by atoms with Crippen LogP contribution in [0.1, 0.15) is 38.7 Å². The predicted octanol–water partition coefficient (Wildman–Crippen LogP) is 5.40. The number of pyridine rings is 1. The van der Waals surface area contributed by atoms with Crippen LogP contribution in [0.3, 0.4) is 0 Å². The average Bonchev–Trinajstić information content (AvgIpc) is 2.87. The second-order valence-corrected chi connectivity index (χ2v) is 10.0. The van der Waals surface area contributed by atoms with Gasteiger partial charge in [0.2, 0.25) is 11.8 Å². The Balaban J connectivity index is 1.35. The SMILES string of the molecule is COc1ccc(NC(=O)CCC(=O)Nc2ccc3nc(N4CC(C)CC(C)C4)cc(C)c3c2)cc1OC. The maximum Gasteiger partial charge on any atom is 0.224 e. The molecule has 0 spiro atoms. The van der Waals surface area contributed by atoms with Gasteiger partial charge in [0.05, 0.1) is 19.7 Å². The highest BCUT2D eigenvalue weighted by atomic mass is 16.5. The lowest BCUT2D eigenvalue weighted by atomic mass is 9.92. The molecule has 4 rings (SSSR count). The van der Waals surface area contributed by atoms with Crippen LogP contribution in [0, 0.1) is 18.8 Å². The summed E-state index contributed by atoms with van der Waals surface area (Å²) in [6, 6.07) is 13.0. The van der Waals surface area contributed by atoms with E-state index < -0.39 is 0 Å². The highest BCUT2D eigenvalue weighted by molar-refractivity contribution is 5.98. The van der Waals surface area contributed by atoms with Crippen molar-refractivity contribution < 1.29 is 19.1 Å². The zero-order chi connectivity index (χ0) is 26.5. The molecule has 1 aromatic heterocycles. The number of fused-ring (bicyclic) bond motifs is 1. The van der Waals surface area contributed by atoms with Gasteiger partial charge < -0.3 is 25.0 Å². The Labute approximate surface area is 218 Å². The van der Waals surface area contributed by atoms with E-state index >= 15 is 0 Å². The normalized spacial score (nSPS) is 17.4. The van der Waals surface area contributed by atoms with Crippen LogP contribution in [0.4, 0.5) is 17.2 Å². The fourth-order valence-corrected chi connectivity index (χ4v) is 5.05. The molecule has 1 fully saturated rings. The number of amides is 2. The molecule has 0 aliphatic carbocycles. The number of aryl methyl sites for hydroxylation is 1. The lowest BCUT2D eigenvalue weighted by Crippen LogP contribution is -2.39. The van der Waals surface area contributed by atoms with Crippen LogP contribution in [0.25, 0.3) is 10.9 Å². The zero-order valence-corrected chi connectivity index (χ0v) is 22.3. The van der Waals surface area contributed by atoms with Crippen molar-refractivity contribution in [2.45, 2.75) is 40.0 Å². The van der Waals surface area contributed by atoms with Crippen molar-refractivity contribution in [2.75, 3.05) is 42.8 Å². The fraction of sp³-hybridized carbons (Fsp3) is 0.414. The van der Waals surface area contributed by atoms with E-state index in [9.17, 15) is 9.59 Å². The molecular formula is C29H36N4O4. The zero-order valence-electron chi connectivity index (χ0n) is 22.3. The Morgan fingerprint density at radius 1 is 0.892 bits per heavy atom. The van der Waals surface area contributed by atoms with Crippen molar-refractivity contribution in [3.8, 4) is 11.5 Å². The maximum atomic E-state index is 12.5. The van der Waals surface area contributed by atoms with Gasteiger partial charge in [0.15, 0.2) is 11.5 Å². The summed E-state index contributed by atoms with van der Waals surface area (Å²) in [4.78, 5) is 32.2. The van der Waals surface area contributed by atoms with Crippen molar-refractivity contribution in [3.63, 3.8) is 0 Å². The summed E-state index contributed by atoms with van der Waals surface area (Å²) in [6.07, 6.45) is 1.38. The van der Waals surface area contributed by atoms with Crippen LogP contribution in [-0.4, -0.2) is 44.1 Å². The summed E-state index contributed by atoms with van der Waals surface area (Å²) in [5, 5.41) is 6.70. The molecule has 1 aliphatic heterocycles. The van der Waals surface area contributed by atoms with E-state index in [2.05, 4.69) is 42.4 Å². The van der Waals surface area contributed by atoms with Crippen molar-refractivity contribution in [2.24, 2.45) is 11.8 Å². The van der Waals surface area contributed by atoms with Gasteiger partial charge >= 0.3 is 0 Å². The van der Waals surface area contributed by atoms with Crippen LogP contribution >= 0.6 is 0 Å². The number of nitrogens with one attached hydrogen (secondary N) is 2. The molecule has 8 nitrogen and oxygen atoms in total. The molecule has 2 aromatic carbocycles. The highest BCUT2D eigenvalue weighted by Gasteiger charge is 2.23. The molecule has 2 unspecified atom stereocenters. The topological polar surface area (TPSA) is 92.8 Å². The summed E-state index contributed by atoms with van der Waals surface area (Å²) < 4.78 is 10.5. The van der Waals surface area contributed by atoms with Gasteiger partial charge in [-0.15, -0.1) is 0 Å². The third-order valence-corrected chi connectivity index (χ3v) is 6.73. The van der Waals surface area contributed by atoms with E-state index in [0.29, 0.717) is 34.7 Å². The summed E-state index contributed by atoms with van der Waals surface area (Å²) in [5.41, 5.74) is 3.30. The molecule has 2 atom stereocenters. The largest absolute Gasteiger partial charge is 0.493 e. The number of hydrogen-bond donors (Lipinski definition) is 2. The average molecular weight is 505 g/mol. The van der Waals surface area contributed by atoms with E-state index in [-0.39, 0.29) is 24.7 Å². The molecule has 2 amide bonds. The van der Waals surface area contributed by atoms with Gasteiger partial charge in [-0.25, -0.2) is 4.98 Å². The first-order valence-electron chi connectivity index (χ1n) is 12.7. The molecule has 8 heteroatoms. The summed E-state index contributed by atoms with van der Waals surface area (Å²) in [5.74, 6) is 2.94. The van der Waals surface area contributed by atoms with E-state index in [0.717, 1.165) is 35.4 Å². The second kappa shape index (κ2) is 11.5. The number of ether oxygens (including phenoxy) is 2. The van der Waals surface area contributed by atoms with Crippen LogP contribution < -0.4 is 25.0 Å². The van der Waals surface area contributed by atoms with E-state index in [1.165, 1.54) is 13.5 Å². The molecular weight excluding hydrogens is 468 g/mol. The van der Waals surface area contributed by atoms with Gasteiger partial charge in [0, 0.05) is 48.8 Å². The predicted molar refractivity (Wildman–Crippen MR) is 148 cm³/mol. The molecule has 2 N–H and O–H groups in total. The van der Waals surface area contributed by atoms with Crippen LogP contribution in [0.5, 0.6) is 11.5 Å². The van der Waals surface area contributed by atoms with Gasteiger partial charge in [0.25, 0.3) is 0 Å². The van der Waals surface area contributed by atoms with Gasteiger partial charge in [-0.05, 0) is 67.1 Å². The monoisotopic (exact) mass is 504 g/mol. The maximum absolute atomic E-state index is 12.5. The molecule has 3 aromatic rings. The Kier molecular flexibility index (Phi) is 8.16. The molecule has 1 aliphatic rings. The molecule has 0 radical (unpaired) electrons. The Hall–Kier alpha value is -3.81. The Morgan fingerprint density at radius 3 is 2.11 bits per heavy atom. The first-order valence-corrected chi connectivity index (χ1v) is 12.7. The van der Waals surface area contributed by atoms with Crippen molar-refractivity contribution in [1.82, 2.24) is 4.98 Å². The Bertz CT molecular complexity index is 1280. The number of rotatable bonds is 8. The van der Waals surface area contributed by atoms with Gasteiger partial charge in [-0.2, -0.15) is 0 Å². The van der Waals surface area contributed by atoms with Crippen molar-refractivity contribution in [1.29, 1.82) is 0 Å². The smallest absolute Gasteiger partial charge is 0.224 e. The molecule has 1 saturated heterocycles. The quantitative estimate of drug-likeness (QED) is 0.427. The molecule has 196 valence electrons. The molecule has 37 heavy (non-hydrogen) atoms. The molecule has 0 saturated carbocycles. The second-order valence-electron chi connectivity index (χ2n) is 10.0. The lowest BCUT2D eigenvalue weighted by molar-refractivity contribution is -0.121. The summed E-state index contributed by atoms with van der Waals surface area (Å²) in [6.45, 7) is 8.72. The molecule has 0 bridgehead atoms. The van der Waals surface area contributed by atoms with Crippen LogP contribution in [0.15, 0.2) is 42.5 Å². The number of anilines is 3. The number of benzene rings is 2. The van der Waals surface area contributed by atoms with Gasteiger partial charge in [-0.3, -0.25) is 9.59 Å². The minimum Gasteiger partial charge on any atom is -0.493 e. The van der Waals surface area contributed by atoms with E-state index in [1.54, 1.807) is 25.3 Å². The van der Waals surface area contributed by atoms with Crippen molar-refractivity contribution in [3.05, 3.63) is 48.0 Å². The number of piperidine rings is 1. The minimum atomic E-state index is -0.255. The van der Waals surface area contributed by atoms with E-state index in [4.69, 9.17) is 14.5 Å². The molecule has 2 heterocycles. The fourth-order valence-electron chi connectivity index (χ4n) is 5.05. The first kappa shape index (κ1) is 26.3. The lowest BCUT2D eigenvalue weighted by Gasteiger charge is -2.36. The Morgan fingerprint density at radius 2 is 1.49 bits per heavy atom. The van der Waals surface area contributed by atoms with Crippen molar-refractivity contribution >= 4 is 39.9 Å². The number of carbonyl (C=O) groups is 2. The number of aromatic nitrogens is 1. The summed E-state index contributed by atoms with van der Waals surface area (Å²) >= 11 is 0. The number of methoxy groups -OCH3 is 2. The van der Waals surface area contributed by atoms with Crippen LogP contribution in [-0.2, 0) is 9.59 Å². The first-order chi connectivity index (χ1) is 17.7. The van der Waals surface area contributed by atoms with E-state index in [1.807, 2.05) is 18.2 Å². The summed E-state index contributed by atoms with van der Waals surface area (Å²) in [7, 11) is 3.09. The van der Waals surface area contributed by atoms with Gasteiger partial charge in [0.1, 0.15) is 5.82 Å². The van der Waals surface area contributed by atoms with Gasteiger partial charge in [-0.1, -0.05) is 13.8 Å². The third kappa shape index (κ3) is 6.50. The third-order valence-electron chi connectivity index (χ3n) is 6.73. The number of nitrogens with zero attached hydrogens (tertiary/aromatic N) is 2. The highest BCUT2D eigenvalue weighted by Crippen LogP contribution is 2.31. The number of carbonyl (C=O) groups excluding carboxylic acids is 2. The number of hydrogen-bond acceptors (Lipinski definition) is 6. The standard InChI is InChI=1S/C29H36N4O4/c1-18-12-19(2)17-33(16-18)27-13-20(3)23-14-21(6-8-24(23)32-27)30-28(34)10-11-29(35)31-22-7-9-25(36-4)26(15-22)37-5/h6-9,13-15,18-19H,10-12,16-17H2,1-5H3,(H,30,34)(H,31,35). The minimum absolute atomic E-state index is 0.0599.